The fourth-order valence-corrected chi connectivity index (χ4v) is 6.52. The van der Waals surface area contributed by atoms with Crippen molar-refractivity contribution in [2.24, 2.45) is 0 Å². The van der Waals surface area contributed by atoms with Crippen molar-refractivity contribution in [2.75, 3.05) is 34.1 Å². The Morgan fingerprint density at radius 2 is 1.60 bits per heavy atom. The van der Waals surface area contributed by atoms with Crippen LogP contribution in [-0.2, 0) is 0 Å². The first-order valence-electron chi connectivity index (χ1n) is 13.5. The second-order valence-corrected chi connectivity index (χ2v) is 11.2. The summed E-state index contributed by atoms with van der Waals surface area (Å²) in [5, 5.41) is 18.3. The normalized spacial score (nSPS) is 15.4. The minimum Gasteiger partial charge on any atom is -0.393 e. The maximum atomic E-state index is 12.9. The van der Waals surface area contributed by atoms with E-state index in [2.05, 4.69) is 68.7 Å². The maximum Gasteiger partial charge on any atom is 0.255 e. The van der Waals surface area contributed by atoms with Gasteiger partial charge in [0.1, 0.15) is 0 Å². The molecular weight excluding hydrogens is 518 g/mol. The van der Waals surface area contributed by atoms with E-state index in [1.54, 1.807) is 0 Å². The average molecular weight is 548 g/mol. The van der Waals surface area contributed by atoms with E-state index in [0.29, 0.717) is 5.56 Å². The Labute approximate surface area is 237 Å². The third-order valence-corrected chi connectivity index (χ3v) is 8.74. The van der Waals surface area contributed by atoms with Crippen LogP contribution in [0.15, 0.2) is 102 Å². The zero-order valence-corrected chi connectivity index (χ0v) is 22.7. The molecule has 7 nitrogen and oxygen atoms in total. The molecule has 40 heavy (non-hydrogen) atoms. The van der Waals surface area contributed by atoms with Gasteiger partial charge in [0.25, 0.3) is 5.91 Å². The van der Waals surface area contributed by atoms with Crippen molar-refractivity contribution in [1.82, 2.24) is 9.78 Å². The highest BCUT2D eigenvalue weighted by atomic mass is 32.2. The van der Waals surface area contributed by atoms with Gasteiger partial charge in [0.2, 0.25) is 0 Å². The standard InChI is InChI=1S/C32H29N5O2S/c38-28-15-17-35(18-16-28)25-8-5-22(6-9-25)32(39)34-24-7-14-29-23(19-24)20-33-37(29)27-12-10-26(11-13-27)36-21-40-31-4-2-1-3-30(31)36/h1-14,19-20,28,38H,15-18,21H2,(H,34,39). The first kappa shape index (κ1) is 24.7. The minimum atomic E-state index is -0.205. The van der Waals surface area contributed by atoms with Gasteiger partial charge in [-0.3, -0.25) is 4.79 Å². The van der Waals surface area contributed by atoms with Crippen molar-refractivity contribution < 1.29 is 9.90 Å². The predicted octanol–water partition coefficient (Wildman–Crippen LogP) is 6.44. The van der Waals surface area contributed by atoms with Crippen molar-refractivity contribution in [3.63, 3.8) is 0 Å². The first-order chi connectivity index (χ1) is 19.6. The summed E-state index contributed by atoms with van der Waals surface area (Å²) in [7, 11) is 0. The lowest BCUT2D eigenvalue weighted by atomic mass is 10.1. The molecule has 5 aromatic rings. The number of aromatic nitrogens is 2. The molecule has 4 aromatic carbocycles. The Hall–Kier alpha value is -4.27. The van der Waals surface area contributed by atoms with Crippen LogP contribution >= 0.6 is 11.8 Å². The van der Waals surface area contributed by atoms with Gasteiger partial charge >= 0.3 is 0 Å². The van der Waals surface area contributed by atoms with Crippen LogP contribution in [0.2, 0.25) is 0 Å². The molecule has 2 aliphatic rings. The van der Waals surface area contributed by atoms with E-state index in [1.165, 1.54) is 10.6 Å². The first-order valence-corrected chi connectivity index (χ1v) is 14.5. The SMILES string of the molecule is O=C(Nc1ccc2c(cnn2-c2ccc(N3CSc4ccccc43)cc2)c1)c1ccc(N2CCC(O)CC2)cc1. The van der Waals surface area contributed by atoms with E-state index < -0.39 is 0 Å². The third kappa shape index (κ3) is 4.69. The predicted molar refractivity (Wildman–Crippen MR) is 162 cm³/mol. The molecule has 2 N–H and O–H groups in total. The Kier molecular flexibility index (Phi) is 6.42. The summed E-state index contributed by atoms with van der Waals surface area (Å²) in [6, 6.07) is 30.5. The summed E-state index contributed by atoms with van der Waals surface area (Å²) < 4.78 is 1.93. The fraction of sp³-hybridized carbons (Fsp3) is 0.188. The highest BCUT2D eigenvalue weighted by Gasteiger charge is 2.21. The summed E-state index contributed by atoms with van der Waals surface area (Å²) in [5.74, 6) is 0.760. The summed E-state index contributed by atoms with van der Waals surface area (Å²) >= 11 is 1.85. The molecule has 0 bridgehead atoms. The monoisotopic (exact) mass is 547 g/mol. The molecule has 1 saturated heterocycles. The summed E-state index contributed by atoms with van der Waals surface area (Å²) in [6.07, 6.45) is 3.18. The number of thioether (sulfide) groups is 1. The quantitative estimate of drug-likeness (QED) is 0.264. The molecule has 200 valence electrons. The summed E-state index contributed by atoms with van der Waals surface area (Å²) in [6.45, 7) is 1.66. The van der Waals surface area contributed by atoms with Crippen LogP contribution in [0.1, 0.15) is 23.2 Å². The van der Waals surface area contributed by atoms with Gasteiger partial charge in [-0.15, -0.1) is 11.8 Å². The number of fused-ring (bicyclic) bond motifs is 2. The Morgan fingerprint density at radius 3 is 2.40 bits per heavy atom. The van der Waals surface area contributed by atoms with Gasteiger partial charge in [0.05, 0.1) is 35.1 Å². The van der Waals surface area contributed by atoms with Crippen molar-refractivity contribution in [3.8, 4) is 5.69 Å². The molecule has 1 amide bonds. The number of carbonyl (C=O) groups excluding carboxylic acids is 1. The number of hydrogen-bond donors (Lipinski definition) is 2. The number of piperidine rings is 1. The van der Waals surface area contributed by atoms with Crippen molar-refractivity contribution in [1.29, 1.82) is 0 Å². The van der Waals surface area contributed by atoms with E-state index in [-0.39, 0.29) is 12.0 Å². The number of benzene rings is 4. The number of para-hydroxylation sites is 1. The molecular formula is C32H29N5O2S. The second kappa shape index (κ2) is 10.4. The van der Waals surface area contributed by atoms with Gasteiger partial charge in [0.15, 0.2) is 0 Å². The Bertz CT molecular complexity index is 1670. The Balaban J connectivity index is 1.05. The van der Waals surface area contributed by atoms with Gasteiger partial charge in [-0.25, -0.2) is 4.68 Å². The number of nitrogens with zero attached hydrogens (tertiary/aromatic N) is 4. The van der Waals surface area contributed by atoms with Crippen LogP contribution in [0.25, 0.3) is 16.6 Å². The molecule has 1 aromatic heterocycles. The highest BCUT2D eigenvalue weighted by Crippen LogP contribution is 2.42. The zero-order valence-electron chi connectivity index (χ0n) is 21.9. The maximum absolute atomic E-state index is 12.9. The summed E-state index contributed by atoms with van der Waals surface area (Å²) in [5.41, 5.74) is 6.78. The van der Waals surface area contributed by atoms with Gasteiger partial charge in [-0.2, -0.15) is 5.10 Å². The lowest BCUT2D eigenvalue weighted by molar-refractivity contribution is 0.102. The van der Waals surface area contributed by atoms with Gasteiger partial charge < -0.3 is 20.2 Å². The fourth-order valence-electron chi connectivity index (χ4n) is 5.46. The van der Waals surface area contributed by atoms with Crippen molar-refractivity contribution >= 4 is 51.3 Å². The minimum absolute atomic E-state index is 0.149. The molecule has 0 saturated carbocycles. The molecule has 1 fully saturated rings. The molecule has 0 radical (unpaired) electrons. The van der Waals surface area contributed by atoms with E-state index in [1.807, 2.05) is 65.1 Å². The van der Waals surface area contributed by atoms with Gasteiger partial charge in [0, 0.05) is 46.0 Å². The molecule has 8 heteroatoms. The Morgan fingerprint density at radius 1 is 0.875 bits per heavy atom. The molecule has 0 unspecified atom stereocenters. The second-order valence-electron chi connectivity index (χ2n) is 10.2. The zero-order chi connectivity index (χ0) is 27.1. The largest absolute Gasteiger partial charge is 0.393 e. The van der Waals surface area contributed by atoms with E-state index in [4.69, 9.17) is 0 Å². The van der Waals surface area contributed by atoms with Gasteiger partial charge in [-0.05, 0) is 91.7 Å². The number of aliphatic hydroxyl groups is 1. The van der Waals surface area contributed by atoms with Crippen LogP contribution < -0.4 is 15.1 Å². The van der Waals surface area contributed by atoms with Crippen LogP contribution in [0.3, 0.4) is 0 Å². The van der Waals surface area contributed by atoms with Crippen LogP contribution in [-0.4, -0.2) is 45.9 Å². The molecule has 0 aliphatic carbocycles. The van der Waals surface area contributed by atoms with E-state index in [0.717, 1.165) is 65.5 Å². The number of hydrogen-bond acceptors (Lipinski definition) is 6. The third-order valence-electron chi connectivity index (χ3n) is 7.70. The van der Waals surface area contributed by atoms with Crippen LogP contribution in [0.4, 0.5) is 22.7 Å². The van der Waals surface area contributed by atoms with E-state index in [9.17, 15) is 9.90 Å². The molecule has 3 heterocycles. The number of carbonyl (C=O) groups is 1. The van der Waals surface area contributed by atoms with Gasteiger partial charge in [-0.1, -0.05) is 12.1 Å². The lowest BCUT2D eigenvalue weighted by Gasteiger charge is -2.31. The van der Waals surface area contributed by atoms with E-state index >= 15 is 0 Å². The van der Waals surface area contributed by atoms with Crippen LogP contribution in [0, 0.1) is 0 Å². The van der Waals surface area contributed by atoms with Crippen molar-refractivity contribution in [3.05, 3.63) is 103 Å². The molecule has 0 atom stereocenters. The number of aliphatic hydroxyl groups excluding tert-OH is 1. The van der Waals surface area contributed by atoms with Crippen LogP contribution in [0.5, 0.6) is 0 Å². The molecule has 7 rings (SSSR count). The number of rotatable bonds is 5. The average Bonchev–Trinajstić information content (AvgIpc) is 3.62. The van der Waals surface area contributed by atoms with Crippen molar-refractivity contribution in [2.45, 2.75) is 23.8 Å². The summed E-state index contributed by atoms with van der Waals surface area (Å²) in [4.78, 5) is 18.8. The topological polar surface area (TPSA) is 73.6 Å². The highest BCUT2D eigenvalue weighted by molar-refractivity contribution is 7.99. The molecule has 2 aliphatic heterocycles. The lowest BCUT2D eigenvalue weighted by Crippen LogP contribution is -2.35. The number of nitrogens with one attached hydrogen (secondary N) is 1. The number of anilines is 4. The molecule has 0 spiro atoms. The number of amides is 1. The smallest absolute Gasteiger partial charge is 0.255 e.